The summed E-state index contributed by atoms with van der Waals surface area (Å²) in [6, 6.07) is 0. The molecule has 2 aromatic rings. The van der Waals surface area contributed by atoms with Gasteiger partial charge < -0.3 is 14.8 Å². The molecule has 1 atom stereocenters. The number of furan rings is 1. The molecule has 0 amide bonds. The van der Waals surface area contributed by atoms with E-state index in [4.69, 9.17) is 4.42 Å². The van der Waals surface area contributed by atoms with Crippen molar-refractivity contribution >= 4 is 16.9 Å². The number of aryl methyl sites for hydroxylation is 2. The first kappa shape index (κ1) is 10.9. The summed E-state index contributed by atoms with van der Waals surface area (Å²) >= 11 is 0. The van der Waals surface area contributed by atoms with E-state index in [1.165, 1.54) is 6.33 Å². The van der Waals surface area contributed by atoms with Crippen LogP contribution in [-0.2, 0) is 0 Å². The molecule has 0 aliphatic heterocycles. The molecule has 2 aromatic heterocycles. The van der Waals surface area contributed by atoms with Gasteiger partial charge >= 0.3 is 0 Å². The Kier molecular flexibility index (Phi) is 2.78. The third kappa shape index (κ3) is 1.86. The SMILES string of the molecule is Cc1oc2ncnc(NCC(C)O)c2c1C. The predicted molar refractivity (Wildman–Crippen MR) is 61.4 cm³/mol. The minimum Gasteiger partial charge on any atom is -0.443 e. The maximum absolute atomic E-state index is 9.23. The Morgan fingerprint density at radius 1 is 1.44 bits per heavy atom. The molecule has 5 heteroatoms. The lowest BCUT2D eigenvalue weighted by molar-refractivity contribution is 0.208. The molecule has 0 saturated heterocycles. The maximum Gasteiger partial charge on any atom is 0.231 e. The number of anilines is 1. The smallest absolute Gasteiger partial charge is 0.231 e. The summed E-state index contributed by atoms with van der Waals surface area (Å²) in [6.45, 7) is 6.04. The van der Waals surface area contributed by atoms with E-state index in [0.29, 0.717) is 18.1 Å². The van der Waals surface area contributed by atoms with Gasteiger partial charge in [0, 0.05) is 12.1 Å². The Morgan fingerprint density at radius 2 is 2.19 bits per heavy atom. The third-order valence-electron chi connectivity index (χ3n) is 2.53. The molecule has 1 unspecified atom stereocenters. The van der Waals surface area contributed by atoms with Gasteiger partial charge in [0.2, 0.25) is 5.71 Å². The van der Waals surface area contributed by atoms with Crippen molar-refractivity contribution in [3.05, 3.63) is 17.7 Å². The van der Waals surface area contributed by atoms with Gasteiger partial charge in [-0.15, -0.1) is 0 Å². The number of hydrogen-bond donors (Lipinski definition) is 2. The molecular weight excluding hydrogens is 206 g/mol. The number of rotatable bonds is 3. The van der Waals surface area contributed by atoms with Crippen LogP contribution >= 0.6 is 0 Å². The minimum absolute atomic E-state index is 0.418. The first-order valence-electron chi connectivity index (χ1n) is 5.22. The van der Waals surface area contributed by atoms with E-state index in [9.17, 15) is 5.11 Å². The molecule has 0 saturated carbocycles. The highest BCUT2D eigenvalue weighted by molar-refractivity contribution is 5.89. The third-order valence-corrected chi connectivity index (χ3v) is 2.53. The van der Waals surface area contributed by atoms with Crippen LogP contribution in [-0.4, -0.2) is 27.7 Å². The minimum atomic E-state index is -0.418. The van der Waals surface area contributed by atoms with Crippen LogP contribution in [0, 0.1) is 13.8 Å². The first-order chi connectivity index (χ1) is 7.59. The van der Waals surface area contributed by atoms with Crippen LogP contribution in [0.1, 0.15) is 18.2 Å². The van der Waals surface area contributed by atoms with Gasteiger partial charge in [-0.25, -0.2) is 9.97 Å². The molecule has 0 radical (unpaired) electrons. The number of nitrogens with one attached hydrogen (secondary N) is 1. The van der Waals surface area contributed by atoms with Crippen molar-refractivity contribution in [2.75, 3.05) is 11.9 Å². The zero-order valence-corrected chi connectivity index (χ0v) is 9.61. The van der Waals surface area contributed by atoms with Crippen molar-refractivity contribution in [2.45, 2.75) is 26.9 Å². The lowest BCUT2D eigenvalue weighted by Gasteiger charge is -2.07. The Balaban J connectivity index is 2.44. The van der Waals surface area contributed by atoms with Crippen molar-refractivity contribution in [2.24, 2.45) is 0 Å². The van der Waals surface area contributed by atoms with Crippen molar-refractivity contribution in [1.82, 2.24) is 9.97 Å². The summed E-state index contributed by atoms with van der Waals surface area (Å²) in [4.78, 5) is 8.23. The highest BCUT2D eigenvalue weighted by atomic mass is 16.3. The number of hydrogen-bond acceptors (Lipinski definition) is 5. The predicted octanol–water partition coefficient (Wildman–Crippen LogP) is 1.63. The molecule has 86 valence electrons. The standard InChI is InChI=1S/C11H15N3O2/c1-6(15)4-12-10-9-7(2)8(3)16-11(9)14-5-13-10/h5-6,15H,4H2,1-3H3,(H,12,13,14). The number of aromatic nitrogens is 2. The van der Waals surface area contributed by atoms with Gasteiger partial charge in [-0.05, 0) is 20.8 Å². The van der Waals surface area contributed by atoms with Gasteiger partial charge in [0.05, 0.1) is 11.5 Å². The molecule has 0 aliphatic rings. The van der Waals surface area contributed by atoms with Crippen molar-refractivity contribution < 1.29 is 9.52 Å². The molecule has 0 spiro atoms. The van der Waals surface area contributed by atoms with E-state index in [2.05, 4.69) is 15.3 Å². The van der Waals surface area contributed by atoms with E-state index < -0.39 is 6.10 Å². The fourth-order valence-electron chi connectivity index (χ4n) is 1.56. The summed E-state index contributed by atoms with van der Waals surface area (Å²) in [5, 5.41) is 13.2. The summed E-state index contributed by atoms with van der Waals surface area (Å²) in [5.41, 5.74) is 1.61. The summed E-state index contributed by atoms with van der Waals surface area (Å²) in [5.74, 6) is 1.55. The van der Waals surface area contributed by atoms with Crippen LogP contribution in [0.4, 0.5) is 5.82 Å². The van der Waals surface area contributed by atoms with Crippen LogP contribution in [0.25, 0.3) is 11.1 Å². The average molecular weight is 221 g/mol. The molecule has 2 N–H and O–H groups in total. The zero-order valence-electron chi connectivity index (χ0n) is 9.61. The van der Waals surface area contributed by atoms with E-state index in [1.807, 2.05) is 13.8 Å². The average Bonchev–Trinajstić information content (AvgIpc) is 2.52. The van der Waals surface area contributed by atoms with Gasteiger partial charge in [0.1, 0.15) is 17.9 Å². The molecule has 0 aliphatic carbocycles. The maximum atomic E-state index is 9.23. The van der Waals surface area contributed by atoms with Gasteiger partial charge in [0.15, 0.2) is 0 Å². The number of fused-ring (bicyclic) bond motifs is 1. The summed E-state index contributed by atoms with van der Waals surface area (Å²) in [7, 11) is 0. The van der Waals surface area contributed by atoms with Gasteiger partial charge in [-0.3, -0.25) is 0 Å². The monoisotopic (exact) mass is 221 g/mol. The topological polar surface area (TPSA) is 71.2 Å². The number of nitrogens with zero attached hydrogens (tertiary/aromatic N) is 2. The molecule has 2 heterocycles. The van der Waals surface area contributed by atoms with E-state index in [1.54, 1.807) is 6.92 Å². The molecule has 2 rings (SSSR count). The fraction of sp³-hybridized carbons (Fsp3) is 0.455. The molecule has 0 fully saturated rings. The number of aliphatic hydroxyl groups excluding tert-OH is 1. The van der Waals surface area contributed by atoms with Crippen LogP contribution in [0.3, 0.4) is 0 Å². The number of aliphatic hydroxyl groups is 1. The van der Waals surface area contributed by atoms with Crippen LogP contribution in [0.2, 0.25) is 0 Å². The van der Waals surface area contributed by atoms with Gasteiger partial charge in [-0.1, -0.05) is 0 Å². The zero-order chi connectivity index (χ0) is 11.7. The Labute approximate surface area is 93.5 Å². The molecule has 16 heavy (non-hydrogen) atoms. The van der Waals surface area contributed by atoms with E-state index in [-0.39, 0.29) is 0 Å². The second-order valence-electron chi connectivity index (χ2n) is 3.92. The Bertz CT molecular complexity index is 505. The van der Waals surface area contributed by atoms with E-state index >= 15 is 0 Å². The van der Waals surface area contributed by atoms with Crippen molar-refractivity contribution in [1.29, 1.82) is 0 Å². The summed E-state index contributed by atoms with van der Waals surface area (Å²) < 4.78 is 5.49. The molecular formula is C11H15N3O2. The van der Waals surface area contributed by atoms with E-state index in [0.717, 1.165) is 16.7 Å². The highest BCUT2D eigenvalue weighted by Gasteiger charge is 2.13. The molecule has 0 bridgehead atoms. The lowest BCUT2D eigenvalue weighted by atomic mass is 10.2. The summed E-state index contributed by atoms with van der Waals surface area (Å²) in [6.07, 6.45) is 1.04. The van der Waals surface area contributed by atoms with Crippen LogP contribution < -0.4 is 5.32 Å². The van der Waals surface area contributed by atoms with Crippen LogP contribution in [0.15, 0.2) is 10.7 Å². The van der Waals surface area contributed by atoms with Gasteiger partial charge in [-0.2, -0.15) is 0 Å². The Hall–Kier alpha value is -1.62. The normalized spacial score (nSPS) is 13.0. The second-order valence-corrected chi connectivity index (χ2v) is 3.92. The highest BCUT2D eigenvalue weighted by Crippen LogP contribution is 2.27. The Morgan fingerprint density at radius 3 is 2.88 bits per heavy atom. The first-order valence-corrected chi connectivity index (χ1v) is 5.22. The largest absolute Gasteiger partial charge is 0.443 e. The quantitative estimate of drug-likeness (QED) is 0.824. The molecule has 0 aromatic carbocycles. The van der Waals surface area contributed by atoms with Gasteiger partial charge in [0.25, 0.3) is 0 Å². The lowest BCUT2D eigenvalue weighted by Crippen LogP contribution is -2.16. The van der Waals surface area contributed by atoms with Crippen molar-refractivity contribution in [3.63, 3.8) is 0 Å². The fourth-order valence-corrected chi connectivity index (χ4v) is 1.56. The second kappa shape index (κ2) is 4.09. The van der Waals surface area contributed by atoms with Crippen molar-refractivity contribution in [3.8, 4) is 0 Å². The van der Waals surface area contributed by atoms with Crippen LogP contribution in [0.5, 0.6) is 0 Å². The molecule has 5 nitrogen and oxygen atoms in total.